The van der Waals surface area contributed by atoms with Crippen molar-refractivity contribution in [3.05, 3.63) is 29.6 Å². The second-order valence-corrected chi connectivity index (χ2v) is 4.35. The maximum absolute atomic E-state index is 13.4. The van der Waals surface area contributed by atoms with Crippen LogP contribution in [0.15, 0.2) is 12.1 Å². The Morgan fingerprint density at radius 1 is 1.37 bits per heavy atom. The van der Waals surface area contributed by atoms with Crippen molar-refractivity contribution < 1.29 is 23.1 Å². The number of hydrogen-bond donors (Lipinski definition) is 2. The number of aliphatic hydroxyl groups excluding tert-OH is 1. The molecule has 0 bridgehead atoms. The Bertz CT molecular complexity index is 473. The van der Waals surface area contributed by atoms with Gasteiger partial charge in [-0.1, -0.05) is 0 Å². The molecule has 19 heavy (non-hydrogen) atoms. The van der Waals surface area contributed by atoms with Gasteiger partial charge < -0.3 is 15.3 Å². The molecule has 1 saturated heterocycles. The van der Waals surface area contributed by atoms with E-state index in [4.69, 9.17) is 5.11 Å². The van der Waals surface area contributed by atoms with Gasteiger partial charge in [-0.25, -0.2) is 18.0 Å². The number of carbonyl (C=O) groups is 1. The number of rotatable bonds is 2. The molecular formula is C12H13F3N2O2. The Balaban J connectivity index is 2.15. The number of nitrogens with zero attached hydrogens (tertiary/aromatic N) is 1. The Labute approximate surface area is 107 Å². The molecule has 1 aliphatic heterocycles. The van der Waals surface area contributed by atoms with Gasteiger partial charge in [0.1, 0.15) is 11.5 Å². The molecule has 0 saturated carbocycles. The average molecular weight is 274 g/mol. The molecule has 104 valence electrons. The summed E-state index contributed by atoms with van der Waals surface area (Å²) in [5.74, 6) is -3.40. The molecule has 7 heteroatoms. The van der Waals surface area contributed by atoms with Gasteiger partial charge in [-0.2, -0.15) is 0 Å². The van der Waals surface area contributed by atoms with E-state index in [1.165, 1.54) is 4.90 Å². The van der Waals surface area contributed by atoms with E-state index in [-0.39, 0.29) is 12.6 Å². The van der Waals surface area contributed by atoms with E-state index in [2.05, 4.69) is 5.32 Å². The van der Waals surface area contributed by atoms with Crippen molar-refractivity contribution >= 4 is 11.7 Å². The van der Waals surface area contributed by atoms with E-state index in [1.54, 1.807) is 0 Å². The lowest BCUT2D eigenvalue weighted by Crippen LogP contribution is -2.40. The molecule has 0 radical (unpaired) electrons. The predicted octanol–water partition coefficient (Wildman–Crippen LogP) is 2.09. The standard InChI is InChI=1S/C12H13F3N2O2/c13-7-4-9(14)11(10(15)5-7)16-12(19)17-3-1-2-8(17)6-18/h4-5,8,18H,1-3,6H2,(H,16,19). The Hall–Kier alpha value is -1.76. The average Bonchev–Trinajstić information content (AvgIpc) is 2.81. The van der Waals surface area contributed by atoms with Crippen molar-refractivity contribution in [2.24, 2.45) is 0 Å². The fourth-order valence-corrected chi connectivity index (χ4v) is 2.13. The predicted molar refractivity (Wildman–Crippen MR) is 62.1 cm³/mol. The molecule has 1 atom stereocenters. The van der Waals surface area contributed by atoms with Crippen LogP contribution in [0, 0.1) is 17.5 Å². The number of carbonyl (C=O) groups excluding carboxylic acids is 1. The minimum absolute atomic E-state index is 0.207. The van der Waals surface area contributed by atoms with E-state index in [0.717, 1.165) is 0 Å². The quantitative estimate of drug-likeness (QED) is 0.867. The highest BCUT2D eigenvalue weighted by molar-refractivity contribution is 5.90. The van der Waals surface area contributed by atoms with Gasteiger partial charge in [0, 0.05) is 18.7 Å². The van der Waals surface area contributed by atoms with Crippen molar-refractivity contribution in [1.82, 2.24) is 4.90 Å². The monoisotopic (exact) mass is 274 g/mol. The van der Waals surface area contributed by atoms with Crippen molar-refractivity contribution in [3.63, 3.8) is 0 Å². The summed E-state index contributed by atoms with van der Waals surface area (Å²) in [6.07, 6.45) is 1.35. The summed E-state index contributed by atoms with van der Waals surface area (Å²) in [5, 5.41) is 11.1. The van der Waals surface area contributed by atoms with Gasteiger partial charge in [0.25, 0.3) is 0 Å². The van der Waals surface area contributed by atoms with Crippen LogP contribution in [0.1, 0.15) is 12.8 Å². The van der Waals surface area contributed by atoms with E-state index in [9.17, 15) is 18.0 Å². The molecule has 4 nitrogen and oxygen atoms in total. The van der Waals surface area contributed by atoms with Crippen LogP contribution in [-0.4, -0.2) is 35.2 Å². The number of anilines is 1. The molecule has 2 amide bonds. The first-order chi connectivity index (χ1) is 9.02. The third-order valence-corrected chi connectivity index (χ3v) is 3.09. The fraction of sp³-hybridized carbons (Fsp3) is 0.417. The number of likely N-dealkylation sites (tertiary alicyclic amines) is 1. The summed E-state index contributed by atoms with van der Waals surface area (Å²) in [7, 11) is 0. The molecule has 2 N–H and O–H groups in total. The van der Waals surface area contributed by atoms with Gasteiger partial charge in [-0.3, -0.25) is 0 Å². The molecule has 1 unspecified atom stereocenters. The van der Waals surface area contributed by atoms with Gasteiger partial charge in [-0.05, 0) is 12.8 Å². The van der Waals surface area contributed by atoms with Crippen LogP contribution in [0.4, 0.5) is 23.7 Å². The summed E-state index contributed by atoms with van der Waals surface area (Å²) in [6, 6.07) is -0.0779. The number of aliphatic hydroxyl groups is 1. The van der Waals surface area contributed by atoms with E-state index in [0.29, 0.717) is 31.5 Å². The highest BCUT2D eigenvalue weighted by Gasteiger charge is 2.29. The highest BCUT2D eigenvalue weighted by atomic mass is 19.1. The van der Waals surface area contributed by atoms with Crippen LogP contribution in [0.2, 0.25) is 0 Å². The number of hydrogen-bond acceptors (Lipinski definition) is 2. The first-order valence-electron chi connectivity index (χ1n) is 5.86. The molecular weight excluding hydrogens is 261 g/mol. The number of benzene rings is 1. The largest absolute Gasteiger partial charge is 0.394 e. The van der Waals surface area contributed by atoms with Crippen molar-refractivity contribution in [2.75, 3.05) is 18.5 Å². The zero-order valence-electron chi connectivity index (χ0n) is 10.00. The summed E-state index contributed by atoms with van der Waals surface area (Å²) in [6.45, 7) is 0.198. The van der Waals surface area contributed by atoms with Crippen LogP contribution < -0.4 is 5.32 Å². The maximum Gasteiger partial charge on any atom is 0.322 e. The van der Waals surface area contributed by atoms with Gasteiger partial charge in [0.2, 0.25) is 0 Å². The summed E-state index contributed by atoms with van der Waals surface area (Å²) in [5.41, 5.74) is -0.685. The van der Waals surface area contributed by atoms with Crippen molar-refractivity contribution in [3.8, 4) is 0 Å². The van der Waals surface area contributed by atoms with E-state index < -0.39 is 29.2 Å². The minimum atomic E-state index is -1.18. The first-order valence-corrected chi connectivity index (χ1v) is 5.86. The molecule has 2 rings (SSSR count). The van der Waals surface area contributed by atoms with Crippen molar-refractivity contribution in [1.29, 1.82) is 0 Å². The second-order valence-electron chi connectivity index (χ2n) is 4.35. The Morgan fingerprint density at radius 2 is 2.00 bits per heavy atom. The fourth-order valence-electron chi connectivity index (χ4n) is 2.13. The molecule has 0 aliphatic carbocycles. The lowest BCUT2D eigenvalue weighted by atomic mass is 10.2. The van der Waals surface area contributed by atoms with Crippen LogP contribution >= 0.6 is 0 Å². The smallest absolute Gasteiger partial charge is 0.322 e. The summed E-state index contributed by atoms with van der Waals surface area (Å²) >= 11 is 0. The number of nitrogens with one attached hydrogen (secondary N) is 1. The number of amides is 2. The highest BCUT2D eigenvalue weighted by Crippen LogP contribution is 2.23. The zero-order chi connectivity index (χ0) is 14.0. The lowest BCUT2D eigenvalue weighted by molar-refractivity contribution is 0.166. The van der Waals surface area contributed by atoms with Crippen LogP contribution in [0.5, 0.6) is 0 Å². The molecule has 0 aromatic heterocycles. The minimum Gasteiger partial charge on any atom is -0.394 e. The molecule has 1 aromatic rings. The third-order valence-electron chi connectivity index (χ3n) is 3.09. The van der Waals surface area contributed by atoms with Crippen LogP contribution in [0.25, 0.3) is 0 Å². The molecule has 0 spiro atoms. The van der Waals surface area contributed by atoms with Crippen LogP contribution in [0.3, 0.4) is 0 Å². The van der Waals surface area contributed by atoms with Gasteiger partial charge in [0.15, 0.2) is 11.6 Å². The number of urea groups is 1. The third kappa shape index (κ3) is 2.81. The van der Waals surface area contributed by atoms with Crippen molar-refractivity contribution in [2.45, 2.75) is 18.9 Å². The maximum atomic E-state index is 13.4. The Morgan fingerprint density at radius 3 is 2.58 bits per heavy atom. The molecule has 1 aromatic carbocycles. The zero-order valence-corrected chi connectivity index (χ0v) is 10.00. The normalized spacial score (nSPS) is 18.7. The first kappa shape index (κ1) is 13.7. The molecule has 1 heterocycles. The van der Waals surface area contributed by atoms with Gasteiger partial charge in [0.05, 0.1) is 12.6 Å². The topological polar surface area (TPSA) is 52.6 Å². The lowest BCUT2D eigenvalue weighted by Gasteiger charge is -2.23. The van der Waals surface area contributed by atoms with Gasteiger partial charge >= 0.3 is 6.03 Å². The van der Waals surface area contributed by atoms with Gasteiger partial charge in [-0.15, -0.1) is 0 Å². The second kappa shape index (κ2) is 5.48. The summed E-state index contributed by atoms with van der Waals surface area (Å²) in [4.78, 5) is 13.2. The summed E-state index contributed by atoms with van der Waals surface area (Å²) < 4.78 is 39.5. The SMILES string of the molecule is O=C(Nc1c(F)cc(F)cc1F)N1CCCC1CO. The van der Waals surface area contributed by atoms with E-state index in [1.807, 2.05) is 0 Å². The van der Waals surface area contributed by atoms with Crippen LogP contribution in [-0.2, 0) is 0 Å². The number of halogens is 3. The molecule has 1 aliphatic rings. The molecule has 1 fully saturated rings. The Kier molecular flexibility index (Phi) is 3.94. The van der Waals surface area contributed by atoms with E-state index >= 15 is 0 Å².